The average Bonchev–Trinajstić information content (AvgIpc) is 3.23. The normalized spacial score (nSPS) is 12.7. The maximum absolute atomic E-state index is 12.7. The first-order valence-electron chi connectivity index (χ1n) is 24.4. The lowest BCUT2D eigenvalue weighted by Gasteiger charge is -2.18. The van der Waals surface area contributed by atoms with Crippen LogP contribution in [-0.4, -0.2) is 37.2 Å². The molecule has 0 N–H and O–H groups in total. The monoisotopic (exact) mass is 823 g/mol. The van der Waals surface area contributed by atoms with Gasteiger partial charge in [-0.15, -0.1) is 0 Å². The number of esters is 3. The first kappa shape index (κ1) is 55.9. The molecule has 0 saturated heterocycles. The van der Waals surface area contributed by atoms with Gasteiger partial charge in [0, 0.05) is 19.3 Å². The minimum Gasteiger partial charge on any atom is -0.462 e. The number of carbonyl (C=O) groups excluding carboxylic acids is 3. The lowest BCUT2D eigenvalue weighted by molar-refractivity contribution is -0.167. The van der Waals surface area contributed by atoms with Gasteiger partial charge in [-0.05, 0) is 89.9 Å². The zero-order valence-corrected chi connectivity index (χ0v) is 38.5. The van der Waals surface area contributed by atoms with Crippen LogP contribution in [0.5, 0.6) is 0 Å². The van der Waals surface area contributed by atoms with E-state index in [1.165, 1.54) is 89.9 Å². The Bertz CT molecular complexity index is 1130. The SMILES string of the molecule is CC/C=C\C/C=C\C/C=C\C/C=C\CCCCC(=O)O[C@@H](COC(=O)CCCCCCCCC/C=C\C/C=C\CCCCC)COC(=O)CCCCCCCCCCC. The van der Waals surface area contributed by atoms with Gasteiger partial charge in [-0.2, -0.15) is 0 Å². The Morgan fingerprint density at radius 2 is 0.661 bits per heavy atom. The number of hydrogen-bond acceptors (Lipinski definition) is 6. The molecule has 0 bridgehead atoms. The fourth-order valence-corrected chi connectivity index (χ4v) is 6.52. The Morgan fingerprint density at radius 3 is 1.10 bits per heavy atom. The molecular formula is C53H90O6. The van der Waals surface area contributed by atoms with Gasteiger partial charge >= 0.3 is 17.9 Å². The Kier molecular flexibility index (Phi) is 45.0. The summed E-state index contributed by atoms with van der Waals surface area (Å²) >= 11 is 0. The van der Waals surface area contributed by atoms with E-state index in [2.05, 4.69) is 93.7 Å². The second kappa shape index (κ2) is 47.5. The van der Waals surface area contributed by atoms with Crippen LogP contribution in [0.1, 0.15) is 226 Å². The molecule has 0 aromatic carbocycles. The van der Waals surface area contributed by atoms with Crippen LogP contribution in [0.3, 0.4) is 0 Å². The van der Waals surface area contributed by atoms with Gasteiger partial charge in [-0.3, -0.25) is 14.4 Å². The minimum atomic E-state index is -0.797. The summed E-state index contributed by atoms with van der Waals surface area (Å²) in [4.78, 5) is 37.8. The molecule has 0 saturated carbocycles. The summed E-state index contributed by atoms with van der Waals surface area (Å²) in [7, 11) is 0. The van der Waals surface area contributed by atoms with Crippen molar-refractivity contribution in [3.8, 4) is 0 Å². The quantitative estimate of drug-likeness (QED) is 0.0264. The molecular weight excluding hydrogens is 733 g/mol. The summed E-state index contributed by atoms with van der Waals surface area (Å²) in [5.74, 6) is -0.948. The van der Waals surface area contributed by atoms with Crippen LogP contribution in [0.4, 0.5) is 0 Å². The molecule has 0 aliphatic rings. The van der Waals surface area contributed by atoms with Crippen LogP contribution in [0.15, 0.2) is 72.9 Å². The van der Waals surface area contributed by atoms with E-state index < -0.39 is 6.10 Å². The van der Waals surface area contributed by atoms with Crippen LogP contribution < -0.4 is 0 Å². The maximum atomic E-state index is 12.7. The second-order valence-electron chi connectivity index (χ2n) is 16.0. The zero-order valence-electron chi connectivity index (χ0n) is 38.5. The Labute approximate surface area is 363 Å². The van der Waals surface area contributed by atoms with Crippen LogP contribution in [0, 0.1) is 0 Å². The number of hydrogen-bond donors (Lipinski definition) is 0. The summed E-state index contributed by atoms with van der Waals surface area (Å²) in [6, 6.07) is 0. The topological polar surface area (TPSA) is 78.9 Å². The number of carbonyl (C=O) groups is 3. The summed E-state index contributed by atoms with van der Waals surface area (Å²) in [5.41, 5.74) is 0. The van der Waals surface area contributed by atoms with Crippen molar-refractivity contribution in [3.63, 3.8) is 0 Å². The summed E-state index contributed by atoms with van der Waals surface area (Å²) < 4.78 is 16.7. The molecule has 0 unspecified atom stereocenters. The standard InChI is InChI=1S/C53H90O6/c1-4-7-10-13-16-19-21-23-25-26-28-29-31-34-37-40-43-46-52(55)58-49-50(48-57-51(54)45-42-39-36-33-18-15-12-9-6-3)59-53(56)47-44-41-38-35-32-30-27-24-22-20-17-14-11-8-5-2/h8,11,16-17,19-20,23-25,27,32,35,50H,4-7,9-10,12-15,18,21-22,26,28-31,33-34,36-49H2,1-3H3/b11-8-,19-16-,20-17-,25-23-,27-24-,35-32-/t50-/m1/s1. The Morgan fingerprint density at radius 1 is 0.356 bits per heavy atom. The second-order valence-corrected chi connectivity index (χ2v) is 16.0. The molecule has 0 aromatic heterocycles. The molecule has 6 nitrogen and oxygen atoms in total. The molecule has 0 rings (SSSR count). The molecule has 0 aliphatic heterocycles. The molecule has 6 heteroatoms. The van der Waals surface area contributed by atoms with Gasteiger partial charge in [0.15, 0.2) is 6.10 Å². The molecule has 338 valence electrons. The fourth-order valence-electron chi connectivity index (χ4n) is 6.52. The van der Waals surface area contributed by atoms with Gasteiger partial charge in [0.05, 0.1) is 0 Å². The third-order valence-electron chi connectivity index (χ3n) is 10.2. The van der Waals surface area contributed by atoms with Crippen LogP contribution in [0.25, 0.3) is 0 Å². The smallest absolute Gasteiger partial charge is 0.306 e. The van der Waals surface area contributed by atoms with Crippen molar-refractivity contribution < 1.29 is 28.6 Å². The number of unbranched alkanes of at least 4 members (excludes halogenated alkanes) is 20. The molecule has 1 atom stereocenters. The van der Waals surface area contributed by atoms with E-state index in [1.54, 1.807) is 0 Å². The summed E-state index contributed by atoms with van der Waals surface area (Å²) in [6.07, 6.45) is 58.9. The van der Waals surface area contributed by atoms with Gasteiger partial charge in [0.1, 0.15) is 13.2 Å². The van der Waals surface area contributed by atoms with Gasteiger partial charge in [0.2, 0.25) is 0 Å². The highest BCUT2D eigenvalue weighted by Crippen LogP contribution is 2.13. The maximum Gasteiger partial charge on any atom is 0.306 e. The molecule has 0 fully saturated rings. The lowest BCUT2D eigenvalue weighted by atomic mass is 10.1. The molecule has 0 amide bonds. The molecule has 0 spiro atoms. The van der Waals surface area contributed by atoms with Crippen molar-refractivity contribution in [2.45, 2.75) is 232 Å². The highest BCUT2D eigenvalue weighted by molar-refractivity contribution is 5.71. The van der Waals surface area contributed by atoms with Gasteiger partial charge in [-0.1, -0.05) is 190 Å². The third kappa shape index (κ3) is 45.8. The highest BCUT2D eigenvalue weighted by Gasteiger charge is 2.19. The van der Waals surface area contributed by atoms with Crippen molar-refractivity contribution >= 4 is 17.9 Å². The Hall–Kier alpha value is -3.15. The first-order chi connectivity index (χ1) is 29.0. The zero-order chi connectivity index (χ0) is 43.0. The fraction of sp³-hybridized carbons (Fsp3) is 0.717. The van der Waals surface area contributed by atoms with E-state index in [9.17, 15) is 14.4 Å². The molecule has 0 aliphatic carbocycles. The minimum absolute atomic E-state index is 0.0940. The van der Waals surface area contributed by atoms with E-state index in [4.69, 9.17) is 14.2 Å². The lowest BCUT2D eigenvalue weighted by Crippen LogP contribution is -2.30. The molecule has 59 heavy (non-hydrogen) atoms. The van der Waals surface area contributed by atoms with Gasteiger partial charge in [0.25, 0.3) is 0 Å². The highest BCUT2D eigenvalue weighted by atomic mass is 16.6. The third-order valence-corrected chi connectivity index (χ3v) is 10.2. The van der Waals surface area contributed by atoms with Crippen LogP contribution >= 0.6 is 0 Å². The van der Waals surface area contributed by atoms with E-state index in [0.717, 1.165) is 89.9 Å². The Balaban J connectivity index is 4.42. The predicted octanol–water partition coefficient (Wildman–Crippen LogP) is 15.9. The van der Waals surface area contributed by atoms with Crippen molar-refractivity contribution in [2.75, 3.05) is 13.2 Å². The van der Waals surface area contributed by atoms with E-state index >= 15 is 0 Å². The number of rotatable bonds is 43. The molecule has 0 radical (unpaired) electrons. The predicted molar refractivity (Wildman–Crippen MR) is 251 cm³/mol. The first-order valence-corrected chi connectivity index (χ1v) is 24.4. The van der Waals surface area contributed by atoms with Crippen molar-refractivity contribution in [2.24, 2.45) is 0 Å². The van der Waals surface area contributed by atoms with E-state index in [1.807, 2.05) is 0 Å². The van der Waals surface area contributed by atoms with Crippen molar-refractivity contribution in [1.82, 2.24) is 0 Å². The number of ether oxygens (including phenoxy) is 3. The van der Waals surface area contributed by atoms with E-state index in [0.29, 0.717) is 19.3 Å². The molecule has 0 heterocycles. The van der Waals surface area contributed by atoms with Crippen molar-refractivity contribution in [1.29, 1.82) is 0 Å². The summed E-state index contributed by atoms with van der Waals surface area (Å²) in [6.45, 7) is 6.43. The summed E-state index contributed by atoms with van der Waals surface area (Å²) in [5, 5.41) is 0. The van der Waals surface area contributed by atoms with Crippen LogP contribution in [-0.2, 0) is 28.6 Å². The van der Waals surface area contributed by atoms with E-state index in [-0.39, 0.29) is 37.5 Å². The molecule has 0 aromatic rings. The number of allylic oxidation sites excluding steroid dienone is 12. The van der Waals surface area contributed by atoms with Gasteiger partial charge < -0.3 is 14.2 Å². The average molecular weight is 823 g/mol. The largest absolute Gasteiger partial charge is 0.462 e. The van der Waals surface area contributed by atoms with Gasteiger partial charge in [-0.25, -0.2) is 0 Å². The van der Waals surface area contributed by atoms with Crippen molar-refractivity contribution in [3.05, 3.63) is 72.9 Å². The van der Waals surface area contributed by atoms with Crippen LogP contribution in [0.2, 0.25) is 0 Å².